The fourth-order valence-corrected chi connectivity index (χ4v) is 2.70. The second-order valence-electron chi connectivity index (χ2n) is 6.47. The van der Waals surface area contributed by atoms with E-state index in [0.29, 0.717) is 6.04 Å². The Bertz CT molecular complexity index is 436. The van der Waals surface area contributed by atoms with Gasteiger partial charge in [0.15, 0.2) is 5.96 Å². The van der Waals surface area contributed by atoms with Crippen LogP contribution in [0.3, 0.4) is 0 Å². The monoisotopic (exact) mass is 337 g/mol. The van der Waals surface area contributed by atoms with E-state index < -0.39 is 0 Å². The third-order valence-electron chi connectivity index (χ3n) is 4.27. The molecule has 0 unspecified atom stereocenters. The number of hydrogen-bond acceptors (Lipinski definition) is 4. The Hall–Kier alpha value is -1.60. The highest BCUT2D eigenvalue weighted by Gasteiger charge is 2.13. The predicted octanol–water partition coefficient (Wildman–Crippen LogP) is 0.0507. The number of likely N-dealkylation sites (N-methyl/N-ethyl adjacent to an activating group) is 1. The summed E-state index contributed by atoms with van der Waals surface area (Å²) in [5.74, 6) is 0.745. The molecular weight excluding hydrogens is 306 g/mol. The average Bonchev–Trinajstić information content (AvgIpc) is 3.09. The minimum atomic E-state index is 0.00830. The number of carbonyl (C=O) groups is 1. The lowest BCUT2D eigenvalue weighted by Crippen LogP contribution is -2.44. The number of rotatable bonds is 7. The first-order chi connectivity index (χ1) is 11.6. The van der Waals surface area contributed by atoms with Crippen molar-refractivity contribution in [1.82, 2.24) is 20.4 Å². The molecule has 0 aromatic heterocycles. The SMILES string of the molecule is CN(C)C(=O)CN=C(NCCCN1CCOCC1)NC1CC=CC1. The molecule has 1 saturated heterocycles. The summed E-state index contributed by atoms with van der Waals surface area (Å²) < 4.78 is 5.36. The van der Waals surface area contributed by atoms with E-state index in [1.54, 1.807) is 19.0 Å². The summed E-state index contributed by atoms with van der Waals surface area (Å²) in [6.07, 6.45) is 7.43. The molecule has 136 valence electrons. The van der Waals surface area contributed by atoms with E-state index in [-0.39, 0.29) is 12.5 Å². The van der Waals surface area contributed by atoms with Crippen LogP contribution < -0.4 is 10.6 Å². The molecule has 0 saturated carbocycles. The second kappa shape index (κ2) is 10.3. The van der Waals surface area contributed by atoms with E-state index in [1.165, 1.54) is 0 Å². The van der Waals surface area contributed by atoms with Crippen molar-refractivity contribution < 1.29 is 9.53 Å². The van der Waals surface area contributed by atoms with Crippen LogP contribution in [0.1, 0.15) is 19.3 Å². The largest absolute Gasteiger partial charge is 0.379 e. The van der Waals surface area contributed by atoms with Gasteiger partial charge < -0.3 is 20.3 Å². The smallest absolute Gasteiger partial charge is 0.243 e. The lowest BCUT2D eigenvalue weighted by molar-refractivity contribution is -0.127. The molecule has 7 heteroatoms. The van der Waals surface area contributed by atoms with Gasteiger partial charge in [-0.15, -0.1) is 0 Å². The third-order valence-corrected chi connectivity index (χ3v) is 4.27. The first-order valence-electron chi connectivity index (χ1n) is 8.85. The molecule has 1 aliphatic heterocycles. The molecule has 0 bridgehead atoms. The highest BCUT2D eigenvalue weighted by Crippen LogP contribution is 2.08. The standard InChI is InChI=1S/C17H31N5O2/c1-21(2)16(23)14-19-17(20-15-6-3-4-7-15)18-8-5-9-22-10-12-24-13-11-22/h3-4,15H,5-14H2,1-2H3,(H2,18,19,20). The van der Waals surface area contributed by atoms with Crippen molar-refractivity contribution in [2.45, 2.75) is 25.3 Å². The van der Waals surface area contributed by atoms with E-state index in [4.69, 9.17) is 4.74 Å². The van der Waals surface area contributed by atoms with Gasteiger partial charge in [0.2, 0.25) is 5.91 Å². The molecule has 24 heavy (non-hydrogen) atoms. The van der Waals surface area contributed by atoms with Gasteiger partial charge in [0.1, 0.15) is 6.54 Å². The Kier molecular flexibility index (Phi) is 8.04. The summed E-state index contributed by atoms with van der Waals surface area (Å²) in [5, 5.41) is 6.78. The van der Waals surface area contributed by atoms with Crippen molar-refractivity contribution >= 4 is 11.9 Å². The quantitative estimate of drug-likeness (QED) is 0.297. The van der Waals surface area contributed by atoms with E-state index in [2.05, 4.69) is 32.7 Å². The Morgan fingerprint density at radius 3 is 2.67 bits per heavy atom. The highest BCUT2D eigenvalue weighted by molar-refractivity contribution is 5.84. The molecule has 0 atom stereocenters. The van der Waals surface area contributed by atoms with Gasteiger partial charge in [-0.3, -0.25) is 9.69 Å². The van der Waals surface area contributed by atoms with Crippen molar-refractivity contribution in [2.75, 3.05) is 60.0 Å². The fraction of sp³-hybridized carbons (Fsp3) is 0.765. The highest BCUT2D eigenvalue weighted by atomic mass is 16.5. The molecule has 0 radical (unpaired) electrons. The number of ether oxygens (including phenoxy) is 1. The maximum absolute atomic E-state index is 11.8. The van der Waals surface area contributed by atoms with E-state index >= 15 is 0 Å². The Labute approximate surface area is 145 Å². The first-order valence-corrected chi connectivity index (χ1v) is 8.85. The minimum absolute atomic E-state index is 0.00830. The van der Waals surface area contributed by atoms with Gasteiger partial charge in [-0.2, -0.15) is 0 Å². The molecule has 0 aromatic rings. The molecule has 2 N–H and O–H groups in total. The lowest BCUT2D eigenvalue weighted by atomic mass is 10.2. The van der Waals surface area contributed by atoms with Crippen LogP contribution >= 0.6 is 0 Å². The Morgan fingerprint density at radius 1 is 1.29 bits per heavy atom. The van der Waals surface area contributed by atoms with Crippen LogP contribution in [0.25, 0.3) is 0 Å². The number of carbonyl (C=O) groups excluding carboxylic acids is 1. The third kappa shape index (κ3) is 6.88. The number of nitrogens with zero attached hydrogens (tertiary/aromatic N) is 3. The van der Waals surface area contributed by atoms with Gasteiger partial charge in [-0.1, -0.05) is 12.2 Å². The number of hydrogen-bond donors (Lipinski definition) is 2. The van der Waals surface area contributed by atoms with E-state index in [1.807, 2.05) is 0 Å². The van der Waals surface area contributed by atoms with Crippen LogP contribution in [0.4, 0.5) is 0 Å². The van der Waals surface area contributed by atoms with Crippen LogP contribution in [-0.2, 0) is 9.53 Å². The zero-order valence-electron chi connectivity index (χ0n) is 15.0. The molecule has 1 heterocycles. The summed E-state index contributed by atoms with van der Waals surface area (Å²) in [6, 6.07) is 0.380. The minimum Gasteiger partial charge on any atom is -0.379 e. The Morgan fingerprint density at radius 2 is 2.00 bits per heavy atom. The van der Waals surface area contributed by atoms with Crippen LogP contribution in [0.2, 0.25) is 0 Å². The summed E-state index contributed by atoms with van der Waals surface area (Å²) in [4.78, 5) is 20.2. The van der Waals surface area contributed by atoms with Crippen molar-refractivity contribution in [3.8, 4) is 0 Å². The molecule has 2 rings (SSSR count). The van der Waals surface area contributed by atoms with Crippen molar-refractivity contribution in [2.24, 2.45) is 4.99 Å². The molecular formula is C17H31N5O2. The van der Waals surface area contributed by atoms with E-state index in [9.17, 15) is 4.79 Å². The lowest BCUT2D eigenvalue weighted by Gasteiger charge is -2.26. The molecule has 1 aliphatic carbocycles. The molecule has 1 amide bonds. The summed E-state index contributed by atoms with van der Waals surface area (Å²) >= 11 is 0. The maximum atomic E-state index is 11.8. The molecule has 1 fully saturated rings. The molecule has 0 aromatic carbocycles. The van der Waals surface area contributed by atoms with Gasteiger partial charge in [0.25, 0.3) is 0 Å². The second-order valence-corrected chi connectivity index (χ2v) is 6.47. The average molecular weight is 337 g/mol. The summed E-state index contributed by atoms with van der Waals surface area (Å²) in [6.45, 7) is 5.79. The molecule has 7 nitrogen and oxygen atoms in total. The van der Waals surface area contributed by atoms with Crippen LogP contribution in [0, 0.1) is 0 Å². The maximum Gasteiger partial charge on any atom is 0.243 e. The van der Waals surface area contributed by atoms with Gasteiger partial charge in [0, 0.05) is 39.8 Å². The first kappa shape index (κ1) is 18.7. The van der Waals surface area contributed by atoms with Gasteiger partial charge in [-0.25, -0.2) is 4.99 Å². The van der Waals surface area contributed by atoms with Gasteiger partial charge in [-0.05, 0) is 25.8 Å². The number of morpholine rings is 1. The van der Waals surface area contributed by atoms with Crippen molar-refractivity contribution in [3.05, 3.63) is 12.2 Å². The fourth-order valence-electron chi connectivity index (χ4n) is 2.70. The van der Waals surface area contributed by atoms with Gasteiger partial charge in [0.05, 0.1) is 13.2 Å². The summed E-state index contributed by atoms with van der Waals surface area (Å²) in [7, 11) is 3.50. The Balaban J connectivity index is 1.73. The topological polar surface area (TPSA) is 69.2 Å². The molecule has 2 aliphatic rings. The number of aliphatic imine (C=N–C) groups is 1. The molecule has 0 spiro atoms. The van der Waals surface area contributed by atoms with Crippen LogP contribution in [-0.4, -0.2) is 87.7 Å². The van der Waals surface area contributed by atoms with Crippen LogP contribution in [0.5, 0.6) is 0 Å². The predicted molar refractivity (Wildman–Crippen MR) is 96.2 cm³/mol. The normalized spacial score (nSPS) is 19.5. The van der Waals surface area contributed by atoms with Crippen molar-refractivity contribution in [1.29, 1.82) is 0 Å². The number of nitrogens with one attached hydrogen (secondary N) is 2. The van der Waals surface area contributed by atoms with Crippen molar-refractivity contribution in [3.63, 3.8) is 0 Å². The number of guanidine groups is 1. The summed E-state index contributed by atoms with van der Waals surface area (Å²) in [5.41, 5.74) is 0. The van der Waals surface area contributed by atoms with E-state index in [0.717, 1.165) is 64.6 Å². The zero-order chi connectivity index (χ0) is 17.2. The van der Waals surface area contributed by atoms with Gasteiger partial charge >= 0.3 is 0 Å². The number of amides is 1. The zero-order valence-corrected chi connectivity index (χ0v) is 15.0. The van der Waals surface area contributed by atoms with Crippen LogP contribution in [0.15, 0.2) is 17.1 Å².